The molecule has 10 heteroatoms. The van der Waals surface area contributed by atoms with Gasteiger partial charge in [0.15, 0.2) is 0 Å². The van der Waals surface area contributed by atoms with Crippen molar-refractivity contribution in [3.63, 3.8) is 0 Å². The van der Waals surface area contributed by atoms with Crippen LogP contribution in [0.4, 0.5) is 5.69 Å². The van der Waals surface area contributed by atoms with Gasteiger partial charge in [-0.3, -0.25) is 14.6 Å². The molecule has 33 heavy (non-hydrogen) atoms. The van der Waals surface area contributed by atoms with E-state index >= 15 is 0 Å². The van der Waals surface area contributed by atoms with E-state index in [2.05, 4.69) is 32.7 Å². The second kappa shape index (κ2) is 10.5. The Morgan fingerprint density at radius 3 is 2.97 bits per heavy atom. The Kier molecular flexibility index (Phi) is 7.26. The van der Waals surface area contributed by atoms with Crippen molar-refractivity contribution in [1.29, 1.82) is 0 Å². The van der Waals surface area contributed by atoms with Gasteiger partial charge in [-0.1, -0.05) is 19.8 Å². The van der Waals surface area contributed by atoms with Gasteiger partial charge in [0.05, 0.1) is 29.2 Å². The third-order valence-electron chi connectivity index (χ3n) is 6.00. The molecule has 3 heterocycles. The number of aromatic amines is 1. The standard InChI is InChI=1S/C23H29N7O3/c1-2-3-5-15(13-26-33)23(32)30-11-4-6-20(30)21-28-17-8-7-16(12-18(17)29-21)27-22(31)19-14-24-9-10-25-19/h7-10,12,14-15,20,26,33H,2-6,11,13H2,1H3,(H,27,31)(H,28,29)/t15-,20+/m1/s1. The zero-order valence-corrected chi connectivity index (χ0v) is 18.6. The summed E-state index contributed by atoms with van der Waals surface area (Å²) in [4.78, 5) is 43.5. The maximum absolute atomic E-state index is 13.2. The van der Waals surface area contributed by atoms with Crippen LogP contribution in [0, 0.1) is 5.92 Å². The van der Waals surface area contributed by atoms with E-state index in [1.807, 2.05) is 17.0 Å². The van der Waals surface area contributed by atoms with Gasteiger partial charge in [0.25, 0.3) is 5.91 Å². The minimum absolute atomic E-state index is 0.0462. The van der Waals surface area contributed by atoms with E-state index in [0.717, 1.165) is 49.0 Å². The number of rotatable bonds is 9. The van der Waals surface area contributed by atoms with Gasteiger partial charge in [-0.25, -0.2) is 15.4 Å². The highest BCUT2D eigenvalue weighted by Gasteiger charge is 2.35. The number of carbonyl (C=O) groups is 2. The molecule has 10 nitrogen and oxygen atoms in total. The van der Waals surface area contributed by atoms with E-state index in [0.29, 0.717) is 12.2 Å². The number of likely N-dealkylation sites (tertiary alicyclic amines) is 1. The van der Waals surface area contributed by atoms with Crippen LogP contribution < -0.4 is 10.8 Å². The summed E-state index contributed by atoms with van der Waals surface area (Å²) in [6.07, 6.45) is 8.79. The fourth-order valence-electron chi connectivity index (χ4n) is 4.30. The topological polar surface area (TPSA) is 136 Å². The summed E-state index contributed by atoms with van der Waals surface area (Å²) in [5, 5.41) is 12.0. The van der Waals surface area contributed by atoms with E-state index in [9.17, 15) is 14.8 Å². The van der Waals surface area contributed by atoms with Crippen molar-refractivity contribution in [3.8, 4) is 0 Å². The van der Waals surface area contributed by atoms with Crippen molar-refractivity contribution in [2.45, 2.75) is 45.1 Å². The molecule has 0 radical (unpaired) electrons. The van der Waals surface area contributed by atoms with Crippen LogP contribution in [0.5, 0.6) is 0 Å². The number of hydrogen-bond acceptors (Lipinski definition) is 7. The lowest BCUT2D eigenvalue weighted by molar-refractivity contribution is -0.137. The van der Waals surface area contributed by atoms with Crippen LogP contribution in [0.15, 0.2) is 36.8 Å². The molecule has 2 atom stereocenters. The molecule has 4 N–H and O–H groups in total. The van der Waals surface area contributed by atoms with Gasteiger partial charge in [0, 0.05) is 31.2 Å². The minimum atomic E-state index is -0.342. The molecule has 0 bridgehead atoms. The maximum atomic E-state index is 13.2. The summed E-state index contributed by atoms with van der Waals surface area (Å²) in [6, 6.07) is 5.31. The first-order chi connectivity index (χ1) is 16.1. The molecule has 0 spiro atoms. The number of unbranched alkanes of at least 4 members (excludes halogenated alkanes) is 1. The monoisotopic (exact) mass is 451 g/mol. The number of nitrogens with zero attached hydrogens (tertiary/aromatic N) is 4. The van der Waals surface area contributed by atoms with Gasteiger partial charge in [-0.2, -0.15) is 0 Å². The third kappa shape index (κ3) is 5.18. The molecule has 1 aliphatic heterocycles. The Hall–Kier alpha value is -3.37. The van der Waals surface area contributed by atoms with Crippen molar-refractivity contribution in [1.82, 2.24) is 30.3 Å². The van der Waals surface area contributed by atoms with Crippen LogP contribution in [0.3, 0.4) is 0 Å². The molecule has 1 aromatic carbocycles. The number of amides is 2. The number of hydrogen-bond donors (Lipinski definition) is 4. The summed E-state index contributed by atoms with van der Waals surface area (Å²) < 4.78 is 0. The van der Waals surface area contributed by atoms with Crippen molar-refractivity contribution in [3.05, 3.63) is 48.3 Å². The van der Waals surface area contributed by atoms with Gasteiger partial charge >= 0.3 is 0 Å². The first-order valence-electron chi connectivity index (χ1n) is 11.3. The molecule has 2 aromatic heterocycles. The first kappa shape index (κ1) is 22.8. The summed E-state index contributed by atoms with van der Waals surface area (Å²) >= 11 is 0. The summed E-state index contributed by atoms with van der Waals surface area (Å²) in [5.74, 6) is 0.178. The minimum Gasteiger partial charge on any atom is -0.340 e. The van der Waals surface area contributed by atoms with E-state index in [1.165, 1.54) is 18.6 Å². The van der Waals surface area contributed by atoms with Gasteiger partial charge in [-0.15, -0.1) is 0 Å². The Balaban J connectivity index is 1.51. The molecule has 0 unspecified atom stereocenters. The number of anilines is 1. The van der Waals surface area contributed by atoms with Crippen LogP contribution in [0.25, 0.3) is 11.0 Å². The lowest BCUT2D eigenvalue weighted by Crippen LogP contribution is -2.39. The van der Waals surface area contributed by atoms with E-state index in [-0.39, 0.29) is 36.0 Å². The molecule has 2 amide bonds. The van der Waals surface area contributed by atoms with Crippen molar-refractivity contribution in [2.24, 2.45) is 5.92 Å². The van der Waals surface area contributed by atoms with Crippen LogP contribution in [0.1, 0.15) is 61.4 Å². The highest BCUT2D eigenvalue weighted by molar-refractivity contribution is 6.03. The number of aromatic nitrogens is 4. The Morgan fingerprint density at radius 2 is 2.21 bits per heavy atom. The Labute approximate surface area is 191 Å². The number of imidazole rings is 1. The molecular formula is C23H29N7O3. The smallest absolute Gasteiger partial charge is 0.275 e. The molecule has 4 rings (SSSR count). The average molecular weight is 452 g/mol. The number of carbonyl (C=O) groups excluding carboxylic acids is 2. The predicted octanol–water partition coefficient (Wildman–Crippen LogP) is 3.05. The lowest BCUT2D eigenvalue weighted by Gasteiger charge is -2.27. The van der Waals surface area contributed by atoms with Gasteiger partial charge in [-0.05, 0) is 37.5 Å². The maximum Gasteiger partial charge on any atom is 0.275 e. The van der Waals surface area contributed by atoms with Gasteiger partial charge in [0.1, 0.15) is 11.5 Å². The summed E-state index contributed by atoms with van der Waals surface area (Å²) in [6.45, 7) is 3.01. The van der Waals surface area contributed by atoms with Crippen LogP contribution in [-0.2, 0) is 4.79 Å². The quantitative estimate of drug-likeness (QED) is 0.367. The molecule has 1 aliphatic rings. The summed E-state index contributed by atoms with van der Waals surface area (Å²) in [5.41, 5.74) is 4.57. The SMILES string of the molecule is CCCC[C@H](CNO)C(=O)N1CCC[C@H]1c1nc2ccc(NC(=O)c3cnccn3)cc2[nH]1. The molecular weight excluding hydrogens is 422 g/mol. The van der Waals surface area contributed by atoms with Crippen molar-refractivity contribution >= 4 is 28.5 Å². The van der Waals surface area contributed by atoms with Gasteiger partial charge in [0.2, 0.25) is 5.91 Å². The molecule has 1 fully saturated rings. The highest BCUT2D eigenvalue weighted by atomic mass is 16.5. The fraction of sp³-hybridized carbons (Fsp3) is 0.435. The van der Waals surface area contributed by atoms with Crippen molar-refractivity contribution in [2.75, 3.05) is 18.4 Å². The molecule has 0 saturated carbocycles. The lowest BCUT2D eigenvalue weighted by atomic mass is 10.00. The number of fused-ring (bicyclic) bond motifs is 1. The molecule has 0 aliphatic carbocycles. The number of nitrogens with one attached hydrogen (secondary N) is 3. The first-order valence-corrected chi connectivity index (χ1v) is 11.3. The zero-order valence-electron chi connectivity index (χ0n) is 18.6. The van der Waals surface area contributed by atoms with E-state index < -0.39 is 0 Å². The number of hydroxylamine groups is 1. The van der Waals surface area contributed by atoms with Crippen molar-refractivity contribution < 1.29 is 14.8 Å². The Morgan fingerprint density at radius 1 is 1.33 bits per heavy atom. The fourth-order valence-corrected chi connectivity index (χ4v) is 4.30. The second-order valence-corrected chi connectivity index (χ2v) is 8.29. The van der Waals surface area contributed by atoms with E-state index in [4.69, 9.17) is 4.98 Å². The molecule has 1 saturated heterocycles. The van der Waals surface area contributed by atoms with Crippen LogP contribution in [0.2, 0.25) is 0 Å². The average Bonchev–Trinajstić information content (AvgIpc) is 3.48. The number of H-pyrrole nitrogens is 1. The predicted molar refractivity (Wildman–Crippen MR) is 123 cm³/mol. The summed E-state index contributed by atoms with van der Waals surface area (Å²) in [7, 11) is 0. The van der Waals surface area contributed by atoms with E-state index in [1.54, 1.807) is 6.07 Å². The second-order valence-electron chi connectivity index (χ2n) is 8.29. The molecule has 174 valence electrons. The van der Waals surface area contributed by atoms with Crippen LogP contribution in [-0.4, -0.2) is 54.9 Å². The largest absolute Gasteiger partial charge is 0.340 e. The molecule has 3 aromatic rings. The highest BCUT2D eigenvalue weighted by Crippen LogP contribution is 2.33. The van der Waals surface area contributed by atoms with Gasteiger partial charge < -0.3 is 20.4 Å². The third-order valence-corrected chi connectivity index (χ3v) is 6.00. The zero-order chi connectivity index (χ0) is 23.2. The van der Waals surface area contributed by atoms with Crippen LogP contribution >= 0.6 is 0 Å². The Bertz CT molecular complexity index is 1100. The number of benzene rings is 1. The normalized spacial score (nSPS) is 16.8.